The van der Waals surface area contributed by atoms with E-state index in [-0.39, 0.29) is 36.8 Å². The third kappa shape index (κ3) is 7.80. The lowest BCUT2D eigenvalue weighted by Crippen LogP contribution is -2.53. The molecule has 0 radical (unpaired) electrons. The molecular weight excluding hydrogens is 491 g/mol. The van der Waals surface area contributed by atoms with Crippen molar-refractivity contribution >= 4 is 23.4 Å². The molecule has 4 rings (SSSR count). The molecule has 1 aliphatic rings. The zero-order chi connectivity index (χ0) is 26.0. The van der Waals surface area contributed by atoms with Crippen LogP contribution in [0.15, 0.2) is 78.9 Å². The molecule has 0 aliphatic heterocycles. The molecule has 1 atom stereocenters. The summed E-state index contributed by atoms with van der Waals surface area (Å²) in [5.74, 6) is -0.554. The van der Waals surface area contributed by atoms with E-state index in [9.17, 15) is 14.0 Å². The van der Waals surface area contributed by atoms with Crippen LogP contribution >= 0.6 is 11.6 Å². The predicted molar refractivity (Wildman–Crippen MR) is 143 cm³/mol. The standard InChI is InChI=1S/C30H32ClFN2O3/c31-27-14-8-7-11-23(27)20-34(29(35)21-37-26-17-15-24(32)16-18-26)28(19-22-9-3-1-4-10-22)30(36)33-25-12-5-2-6-13-25/h1,3-4,7-11,14-18,25,28H,2,5-6,12-13,19-21H2,(H,33,36)/t28-/m1/s1. The van der Waals surface area contributed by atoms with Gasteiger partial charge >= 0.3 is 0 Å². The minimum atomic E-state index is -0.759. The SMILES string of the molecule is O=C(NC1CCCCC1)[C@@H](Cc1ccccc1)N(Cc1ccccc1Cl)C(=O)COc1ccc(F)cc1. The second-order valence-corrected chi connectivity index (χ2v) is 9.81. The lowest BCUT2D eigenvalue weighted by molar-refractivity contribution is -0.143. The van der Waals surface area contributed by atoms with Gasteiger partial charge in [-0.15, -0.1) is 0 Å². The summed E-state index contributed by atoms with van der Waals surface area (Å²) in [4.78, 5) is 28.9. The van der Waals surface area contributed by atoms with Gasteiger partial charge in [0, 0.05) is 24.0 Å². The molecule has 5 nitrogen and oxygen atoms in total. The van der Waals surface area contributed by atoms with Crippen LogP contribution in [0.4, 0.5) is 4.39 Å². The van der Waals surface area contributed by atoms with Gasteiger partial charge < -0.3 is 15.0 Å². The molecule has 1 N–H and O–H groups in total. The summed E-state index contributed by atoms with van der Waals surface area (Å²) in [6.45, 7) is -0.140. The molecule has 2 amide bonds. The van der Waals surface area contributed by atoms with E-state index in [1.165, 1.54) is 30.7 Å². The number of nitrogens with zero attached hydrogens (tertiary/aromatic N) is 1. The van der Waals surface area contributed by atoms with Crippen LogP contribution in [-0.2, 0) is 22.6 Å². The van der Waals surface area contributed by atoms with Gasteiger partial charge in [0.05, 0.1) is 0 Å². The molecule has 37 heavy (non-hydrogen) atoms. The topological polar surface area (TPSA) is 58.6 Å². The van der Waals surface area contributed by atoms with Crippen LogP contribution in [0.25, 0.3) is 0 Å². The van der Waals surface area contributed by atoms with Crippen molar-refractivity contribution in [2.75, 3.05) is 6.61 Å². The number of carbonyl (C=O) groups excluding carboxylic acids is 2. The van der Waals surface area contributed by atoms with E-state index in [1.807, 2.05) is 48.5 Å². The summed E-state index contributed by atoms with van der Waals surface area (Å²) in [6.07, 6.45) is 5.58. The molecule has 1 saturated carbocycles. The maximum Gasteiger partial charge on any atom is 0.261 e. The maximum atomic E-state index is 13.7. The summed E-state index contributed by atoms with van der Waals surface area (Å²) in [7, 11) is 0. The first kappa shape index (κ1) is 26.7. The highest BCUT2D eigenvalue weighted by Crippen LogP contribution is 2.22. The van der Waals surface area contributed by atoms with Gasteiger partial charge in [0.25, 0.3) is 5.91 Å². The quantitative estimate of drug-likeness (QED) is 0.358. The third-order valence-electron chi connectivity index (χ3n) is 6.70. The third-order valence-corrected chi connectivity index (χ3v) is 7.07. The van der Waals surface area contributed by atoms with Gasteiger partial charge in [0.2, 0.25) is 5.91 Å². The van der Waals surface area contributed by atoms with Crippen molar-refractivity contribution < 1.29 is 18.7 Å². The molecule has 0 aromatic heterocycles. The number of benzene rings is 3. The zero-order valence-corrected chi connectivity index (χ0v) is 21.5. The van der Waals surface area contributed by atoms with Crippen molar-refractivity contribution in [2.24, 2.45) is 0 Å². The smallest absolute Gasteiger partial charge is 0.261 e. The van der Waals surface area contributed by atoms with Crippen molar-refractivity contribution in [2.45, 2.75) is 57.2 Å². The summed E-state index contributed by atoms with van der Waals surface area (Å²) < 4.78 is 19.0. The van der Waals surface area contributed by atoms with Crippen LogP contribution < -0.4 is 10.1 Å². The summed E-state index contributed by atoms with van der Waals surface area (Å²) in [5.41, 5.74) is 1.69. The highest BCUT2D eigenvalue weighted by molar-refractivity contribution is 6.31. The van der Waals surface area contributed by atoms with Gasteiger partial charge in [-0.3, -0.25) is 9.59 Å². The molecule has 3 aromatic rings. The minimum absolute atomic E-state index is 0.104. The highest BCUT2D eigenvalue weighted by Gasteiger charge is 2.32. The van der Waals surface area contributed by atoms with E-state index < -0.39 is 6.04 Å². The van der Waals surface area contributed by atoms with Crippen molar-refractivity contribution in [3.8, 4) is 5.75 Å². The zero-order valence-electron chi connectivity index (χ0n) is 20.7. The minimum Gasteiger partial charge on any atom is -0.484 e. The van der Waals surface area contributed by atoms with Crippen LogP contribution in [0.1, 0.15) is 43.2 Å². The van der Waals surface area contributed by atoms with Gasteiger partial charge in [-0.1, -0.05) is 79.4 Å². The molecule has 7 heteroatoms. The van der Waals surface area contributed by atoms with E-state index in [1.54, 1.807) is 11.0 Å². The molecule has 0 saturated heterocycles. The number of hydrogen-bond donors (Lipinski definition) is 1. The Morgan fingerprint density at radius 3 is 2.32 bits per heavy atom. The maximum absolute atomic E-state index is 13.7. The Labute approximate surface area is 222 Å². The fraction of sp³-hybridized carbons (Fsp3) is 0.333. The number of nitrogens with one attached hydrogen (secondary N) is 1. The molecule has 3 aromatic carbocycles. The predicted octanol–water partition coefficient (Wildman–Crippen LogP) is 5.95. The molecule has 0 spiro atoms. The van der Waals surface area contributed by atoms with Gasteiger partial charge in [-0.25, -0.2) is 4.39 Å². The largest absolute Gasteiger partial charge is 0.484 e. The van der Waals surface area contributed by atoms with Crippen LogP contribution in [0, 0.1) is 5.82 Å². The molecule has 1 aliphatic carbocycles. The Balaban J connectivity index is 1.61. The highest BCUT2D eigenvalue weighted by atomic mass is 35.5. The second-order valence-electron chi connectivity index (χ2n) is 9.40. The van der Waals surface area contributed by atoms with Crippen molar-refractivity contribution in [3.63, 3.8) is 0 Å². The Morgan fingerprint density at radius 2 is 1.62 bits per heavy atom. The first-order valence-corrected chi connectivity index (χ1v) is 13.1. The number of rotatable bonds is 10. The summed E-state index contributed by atoms with van der Waals surface area (Å²) >= 11 is 6.46. The number of halogens is 2. The van der Waals surface area contributed by atoms with Gasteiger partial charge in [0.1, 0.15) is 17.6 Å². The van der Waals surface area contributed by atoms with Crippen LogP contribution in [0.3, 0.4) is 0 Å². The monoisotopic (exact) mass is 522 g/mol. The second kappa shape index (κ2) is 13.2. The lowest BCUT2D eigenvalue weighted by Gasteiger charge is -2.33. The molecule has 1 fully saturated rings. The van der Waals surface area contributed by atoms with Crippen LogP contribution in [0.5, 0.6) is 5.75 Å². The van der Waals surface area contributed by atoms with Crippen molar-refractivity contribution in [3.05, 3.63) is 101 Å². The molecule has 194 valence electrons. The summed E-state index contributed by atoms with van der Waals surface area (Å²) in [6, 6.07) is 21.8. The lowest BCUT2D eigenvalue weighted by atomic mass is 9.94. The Kier molecular flexibility index (Phi) is 9.55. The van der Waals surface area contributed by atoms with Gasteiger partial charge in [-0.2, -0.15) is 0 Å². The Hall–Kier alpha value is -3.38. The summed E-state index contributed by atoms with van der Waals surface area (Å²) in [5, 5.41) is 3.73. The molecule has 0 unspecified atom stereocenters. The van der Waals surface area contributed by atoms with E-state index in [0.717, 1.165) is 36.8 Å². The Morgan fingerprint density at radius 1 is 0.946 bits per heavy atom. The van der Waals surface area contributed by atoms with E-state index >= 15 is 0 Å². The van der Waals surface area contributed by atoms with Gasteiger partial charge in [-0.05, 0) is 54.3 Å². The first-order chi connectivity index (χ1) is 18.0. The van der Waals surface area contributed by atoms with Crippen molar-refractivity contribution in [1.29, 1.82) is 0 Å². The van der Waals surface area contributed by atoms with Crippen molar-refractivity contribution in [1.82, 2.24) is 10.2 Å². The normalized spacial score (nSPS) is 14.5. The van der Waals surface area contributed by atoms with E-state index in [0.29, 0.717) is 17.2 Å². The molecular formula is C30H32ClFN2O3. The molecule has 0 bridgehead atoms. The molecule has 0 heterocycles. The number of ether oxygens (including phenoxy) is 1. The Bertz CT molecular complexity index is 1170. The van der Waals surface area contributed by atoms with E-state index in [2.05, 4.69) is 5.32 Å². The number of amides is 2. The van der Waals surface area contributed by atoms with Crippen LogP contribution in [-0.4, -0.2) is 35.4 Å². The fourth-order valence-electron chi connectivity index (χ4n) is 4.67. The first-order valence-electron chi connectivity index (χ1n) is 12.7. The fourth-order valence-corrected chi connectivity index (χ4v) is 4.86. The number of carbonyl (C=O) groups is 2. The average Bonchev–Trinajstić information content (AvgIpc) is 2.92. The number of hydrogen-bond acceptors (Lipinski definition) is 3. The average molecular weight is 523 g/mol. The van der Waals surface area contributed by atoms with Crippen LogP contribution in [0.2, 0.25) is 5.02 Å². The van der Waals surface area contributed by atoms with E-state index in [4.69, 9.17) is 16.3 Å². The van der Waals surface area contributed by atoms with Gasteiger partial charge in [0.15, 0.2) is 6.61 Å².